The normalized spacial score (nSPS) is 11.6. The smallest absolute Gasteiger partial charge is 0.363 e. The molecule has 0 bridgehead atoms. The number of methoxy groups -OCH3 is 2. The molecule has 1 atom stereocenters. The summed E-state index contributed by atoms with van der Waals surface area (Å²) in [5.74, 6) is -1.62. The molecule has 0 saturated heterocycles. The molecule has 3 aromatic rings. The first-order chi connectivity index (χ1) is 14.8. The van der Waals surface area contributed by atoms with E-state index in [4.69, 9.17) is 14.2 Å². The Morgan fingerprint density at radius 3 is 2.35 bits per heavy atom. The molecule has 9 heteroatoms. The van der Waals surface area contributed by atoms with Gasteiger partial charge in [0.1, 0.15) is 0 Å². The Labute approximate surface area is 178 Å². The lowest BCUT2D eigenvalue weighted by atomic mass is 10.1. The summed E-state index contributed by atoms with van der Waals surface area (Å²) in [7, 11) is 2.68. The van der Waals surface area contributed by atoms with Crippen LogP contribution in [0.2, 0.25) is 0 Å². The lowest BCUT2D eigenvalue weighted by Crippen LogP contribution is -2.26. The largest absolute Gasteiger partial charge is 0.493 e. The number of ketones is 1. The van der Waals surface area contributed by atoms with Gasteiger partial charge in [-0.25, -0.2) is 14.3 Å². The van der Waals surface area contributed by atoms with Gasteiger partial charge in [-0.3, -0.25) is 4.79 Å². The molecule has 2 aromatic heterocycles. The van der Waals surface area contributed by atoms with Crippen LogP contribution in [0.3, 0.4) is 0 Å². The van der Waals surface area contributed by atoms with Crippen LogP contribution in [0.25, 0.3) is 5.69 Å². The molecule has 1 aromatic carbocycles. The lowest BCUT2D eigenvalue weighted by molar-refractivity contribution is 0.0307. The number of aromatic nitrogens is 3. The van der Waals surface area contributed by atoms with Gasteiger partial charge in [0, 0.05) is 5.69 Å². The summed E-state index contributed by atoms with van der Waals surface area (Å²) in [6, 6.07) is 9.19. The zero-order chi connectivity index (χ0) is 22.7. The third-order valence-electron chi connectivity index (χ3n) is 4.84. The molecule has 1 N–H and O–H groups in total. The monoisotopic (exact) mass is 425 g/mol. The van der Waals surface area contributed by atoms with Crippen molar-refractivity contribution < 1.29 is 28.6 Å². The molecule has 0 aliphatic rings. The number of benzene rings is 1. The molecule has 0 saturated carbocycles. The summed E-state index contributed by atoms with van der Waals surface area (Å²) in [5, 5.41) is 4.24. The standard InChI is InChI=1S/C22H23N3O6/c1-12-17(21(27)30-5)13(2)23-18(12)20(26)14(3)31-22(28)19-16(29-4)11-25(24-19)15-9-7-6-8-10-15/h6-11,14,23H,1-5H3. The fraction of sp³-hybridized carbons (Fsp3) is 0.273. The number of esters is 2. The van der Waals surface area contributed by atoms with Gasteiger partial charge >= 0.3 is 11.9 Å². The topological polar surface area (TPSA) is 113 Å². The van der Waals surface area contributed by atoms with Gasteiger partial charge in [-0.2, -0.15) is 5.10 Å². The second-order valence-electron chi connectivity index (χ2n) is 6.85. The minimum Gasteiger partial charge on any atom is -0.493 e. The van der Waals surface area contributed by atoms with Gasteiger partial charge in [0.2, 0.25) is 11.5 Å². The average Bonchev–Trinajstić information content (AvgIpc) is 3.34. The van der Waals surface area contributed by atoms with Crippen LogP contribution in [0, 0.1) is 13.8 Å². The lowest BCUT2D eigenvalue weighted by Gasteiger charge is -2.11. The molecule has 0 fully saturated rings. The predicted octanol–water partition coefficient (Wildman–Crippen LogP) is 3.04. The van der Waals surface area contributed by atoms with E-state index in [0.717, 1.165) is 5.69 Å². The number of Topliss-reactive ketones (excluding diaryl/α,β-unsaturated/α-hetero) is 1. The molecular formula is C22H23N3O6. The van der Waals surface area contributed by atoms with Gasteiger partial charge < -0.3 is 19.2 Å². The van der Waals surface area contributed by atoms with E-state index in [9.17, 15) is 14.4 Å². The van der Waals surface area contributed by atoms with Crippen molar-refractivity contribution in [2.45, 2.75) is 26.9 Å². The first-order valence-electron chi connectivity index (χ1n) is 9.50. The van der Waals surface area contributed by atoms with Gasteiger partial charge in [-0.05, 0) is 38.5 Å². The van der Waals surface area contributed by atoms with Gasteiger partial charge in [0.05, 0.1) is 37.4 Å². The van der Waals surface area contributed by atoms with E-state index in [0.29, 0.717) is 11.3 Å². The molecule has 0 aliphatic carbocycles. The van der Waals surface area contributed by atoms with E-state index in [1.165, 1.54) is 25.8 Å². The highest BCUT2D eigenvalue weighted by Gasteiger charge is 2.29. The number of aryl methyl sites for hydroxylation is 1. The molecule has 9 nitrogen and oxygen atoms in total. The van der Waals surface area contributed by atoms with Gasteiger partial charge in [-0.15, -0.1) is 0 Å². The van der Waals surface area contributed by atoms with Gasteiger partial charge in [0.15, 0.2) is 11.9 Å². The van der Waals surface area contributed by atoms with Crippen LogP contribution >= 0.6 is 0 Å². The van der Waals surface area contributed by atoms with E-state index < -0.39 is 23.8 Å². The van der Waals surface area contributed by atoms with Crippen molar-refractivity contribution in [3.05, 3.63) is 64.7 Å². The SMILES string of the molecule is COC(=O)c1c(C)[nH]c(C(=O)C(C)OC(=O)c2nn(-c3ccccc3)cc2OC)c1C. The Morgan fingerprint density at radius 2 is 1.74 bits per heavy atom. The number of aromatic amines is 1. The predicted molar refractivity (Wildman–Crippen MR) is 111 cm³/mol. The van der Waals surface area contributed by atoms with E-state index in [-0.39, 0.29) is 22.7 Å². The van der Waals surface area contributed by atoms with Crippen LogP contribution in [-0.2, 0) is 9.47 Å². The molecule has 31 heavy (non-hydrogen) atoms. The van der Waals surface area contributed by atoms with E-state index >= 15 is 0 Å². The van der Waals surface area contributed by atoms with Crippen molar-refractivity contribution in [3.63, 3.8) is 0 Å². The Balaban J connectivity index is 1.82. The third-order valence-corrected chi connectivity index (χ3v) is 4.84. The Kier molecular flexibility index (Phi) is 6.24. The van der Waals surface area contributed by atoms with Gasteiger partial charge in [0.25, 0.3) is 0 Å². The second-order valence-corrected chi connectivity index (χ2v) is 6.85. The second kappa shape index (κ2) is 8.86. The summed E-state index contributed by atoms with van der Waals surface area (Å²) in [6.07, 6.45) is 0.431. The number of H-pyrrole nitrogens is 1. The summed E-state index contributed by atoms with van der Waals surface area (Å²) in [6.45, 7) is 4.74. The number of nitrogens with one attached hydrogen (secondary N) is 1. The fourth-order valence-corrected chi connectivity index (χ4v) is 3.24. The van der Waals surface area contributed by atoms with Crippen molar-refractivity contribution in [1.82, 2.24) is 14.8 Å². The Bertz CT molecular complexity index is 1130. The number of carbonyl (C=O) groups excluding carboxylic acids is 3. The van der Waals surface area contributed by atoms with Crippen molar-refractivity contribution in [2.24, 2.45) is 0 Å². The summed E-state index contributed by atoms with van der Waals surface area (Å²) >= 11 is 0. The molecule has 0 amide bonds. The van der Waals surface area contributed by atoms with Crippen LogP contribution in [0.4, 0.5) is 0 Å². The quantitative estimate of drug-likeness (QED) is 0.457. The summed E-state index contributed by atoms with van der Waals surface area (Å²) < 4.78 is 16.8. The highest BCUT2D eigenvalue weighted by atomic mass is 16.5. The minimum atomic E-state index is -1.12. The average molecular weight is 425 g/mol. The highest BCUT2D eigenvalue weighted by Crippen LogP contribution is 2.23. The maximum atomic E-state index is 12.9. The first kappa shape index (κ1) is 21.8. The van der Waals surface area contributed by atoms with Crippen LogP contribution in [0.5, 0.6) is 5.75 Å². The number of carbonyl (C=O) groups is 3. The van der Waals surface area contributed by atoms with E-state index in [2.05, 4.69) is 10.1 Å². The number of ether oxygens (including phenoxy) is 3. The van der Waals surface area contributed by atoms with Gasteiger partial charge in [-0.1, -0.05) is 18.2 Å². The van der Waals surface area contributed by atoms with Crippen LogP contribution in [0.15, 0.2) is 36.5 Å². The number of hydrogen-bond acceptors (Lipinski definition) is 7. The van der Waals surface area contributed by atoms with Crippen LogP contribution in [0.1, 0.15) is 49.5 Å². The zero-order valence-corrected chi connectivity index (χ0v) is 17.9. The first-order valence-corrected chi connectivity index (χ1v) is 9.50. The molecule has 162 valence electrons. The minimum absolute atomic E-state index is 0.0550. The van der Waals surface area contributed by atoms with E-state index in [1.807, 2.05) is 30.3 Å². The van der Waals surface area contributed by atoms with Crippen molar-refractivity contribution in [3.8, 4) is 11.4 Å². The number of para-hydroxylation sites is 1. The van der Waals surface area contributed by atoms with Crippen LogP contribution in [-0.4, -0.2) is 52.8 Å². The molecule has 0 aliphatic heterocycles. The molecule has 0 radical (unpaired) electrons. The summed E-state index contributed by atoms with van der Waals surface area (Å²) in [5.41, 5.74) is 2.07. The fourth-order valence-electron chi connectivity index (χ4n) is 3.24. The Hall–Kier alpha value is -3.88. The van der Waals surface area contributed by atoms with Crippen LogP contribution < -0.4 is 4.74 Å². The molecule has 2 heterocycles. The highest BCUT2D eigenvalue weighted by molar-refractivity contribution is 6.04. The number of nitrogens with zero attached hydrogens (tertiary/aromatic N) is 2. The van der Waals surface area contributed by atoms with Crippen molar-refractivity contribution >= 4 is 17.7 Å². The van der Waals surface area contributed by atoms with Crippen molar-refractivity contribution in [2.75, 3.05) is 14.2 Å². The zero-order valence-electron chi connectivity index (χ0n) is 17.9. The maximum Gasteiger partial charge on any atom is 0.363 e. The van der Waals surface area contributed by atoms with E-state index in [1.54, 1.807) is 20.0 Å². The Morgan fingerprint density at radius 1 is 1.06 bits per heavy atom. The third kappa shape index (κ3) is 4.20. The van der Waals surface area contributed by atoms with Crippen molar-refractivity contribution in [1.29, 1.82) is 0 Å². The number of rotatable bonds is 7. The summed E-state index contributed by atoms with van der Waals surface area (Å²) in [4.78, 5) is 40.4. The number of hydrogen-bond donors (Lipinski definition) is 1. The molecular weight excluding hydrogens is 402 g/mol. The maximum absolute atomic E-state index is 12.9. The molecule has 0 spiro atoms. The molecule has 1 unspecified atom stereocenters. The molecule has 3 rings (SSSR count).